The number of methoxy groups -OCH3 is 1. The molecule has 0 bridgehead atoms. The number of fused-ring (bicyclic) bond motifs is 2. The van der Waals surface area contributed by atoms with Gasteiger partial charge >= 0.3 is 5.97 Å². The van der Waals surface area contributed by atoms with E-state index < -0.39 is 18.0 Å². The van der Waals surface area contributed by atoms with Gasteiger partial charge in [-0.25, -0.2) is 14.8 Å². The molecule has 0 aliphatic carbocycles. The fraction of sp³-hybridized carbons (Fsp3) is 0.154. The molecule has 5 aromatic rings. The molecule has 0 radical (unpaired) electrons. The number of nitrogens with one attached hydrogen (secondary N) is 2. The van der Waals surface area contributed by atoms with E-state index in [9.17, 15) is 9.59 Å². The fourth-order valence-electron chi connectivity index (χ4n) is 3.60. The van der Waals surface area contributed by atoms with E-state index in [1.807, 2.05) is 49.4 Å². The molecular formula is C26H22N4O4S. The first kappa shape index (κ1) is 22.5. The van der Waals surface area contributed by atoms with Gasteiger partial charge in [0.15, 0.2) is 11.2 Å². The van der Waals surface area contributed by atoms with Crippen molar-refractivity contribution in [1.82, 2.24) is 15.0 Å². The van der Waals surface area contributed by atoms with E-state index in [2.05, 4.69) is 20.3 Å². The minimum Gasteiger partial charge on any atom is -0.497 e. The Labute approximate surface area is 204 Å². The average molecular weight is 487 g/mol. The lowest BCUT2D eigenvalue weighted by Crippen LogP contribution is -2.29. The average Bonchev–Trinajstić information content (AvgIpc) is 3.46. The largest absolute Gasteiger partial charge is 0.497 e. The Kier molecular flexibility index (Phi) is 5.92. The molecule has 1 atom stereocenters. The van der Waals surface area contributed by atoms with E-state index in [1.54, 1.807) is 25.3 Å². The highest BCUT2D eigenvalue weighted by atomic mass is 32.1. The first-order valence-electron chi connectivity index (χ1n) is 10.9. The summed E-state index contributed by atoms with van der Waals surface area (Å²) < 4.78 is 11.6. The maximum atomic E-state index is 12.7. The Balaban J connectivity index is 1.27. The number of aryl methyl sites for hydroxylation is 1. The minimum atomic E-state index is -0.997. The van der Waals surface area contributed by atoms with Crippen molar-refractivity contribution in [2.45, 2.75) is 20.0 Å². The molecule has 0 aliphatic rings. The van der Waals surface area contributed by atoms with Gasteiger partial charge in [0.25, 0.3) is 5.91 Å². The van der Waals surface area contributed by atoms with Gasteiger partial charge in [-0.15, -0.1) is 0 Å². The van der Waals surface area contributed by atoms with Crippen molar-refractivity contribution in [3.8, 4) is 17.1 Å². The number of hydrogen-bond acceptors (Lipinski definition) is 7. The van der Waals surface area contributed by atoms with Crippen molar-refractivity contribution in [3.63, 3.8) is 0 Å². The van der Waals surface area contributed by atoms with Crippen molar-refractivity contribution in [2.24, 2.45) is 0 Å². The summed E-state index contributed by atoms with van der Waals surface area (Å²) in [6.07, 6.45) is -0.997. The van der Waals surface area contributed by atoms with Crippen LogP contribution in [-0.4, -0.2) is 40.0 Å². The van der Waals surface area contributed by atoms with Gasteiger partial charge in [0.1, 0.15) is 11.6 Å². The number of rotatable bonds is 6. The van der Waals surface area contributed by atoms with Crippen LogP contribution in [0.4, 0.5) is 5.13 Å². The molecule has 2 N–H and O–H groups in total. The third-order valence-corrected chi connectivity index (χ3v) is 6.44. The number of benzene rings is 3. The van der Waals surface area contributed by atoms with Gasteiger partial charge in [0.05, 0.1) is 33.9 Å². The summed E-state index contributed by atoms with van der Waals surface area (Å²) in [6.45, 7) is 3.53. The number of ether oxygens (including phenoxy) is 2. The van der Waals surface area contributed by atoms with Crippen molar-refractivity contribution < 1.29 is 19.1 Å². The Morgan fingerprint density at radius 2 is 1.77 bits per heavy atom. The fourth-order valence-corrected chi connectivity index (χ4v) is 4.56. The van der Waals surface area contributed by atoms with Crippen molar-refractivity contribution in [1.29, 1.82) is 0 Å². The normalized spacial score (nSPS) is 12.0. The molecule has 2 aromatic heterocycles. The number of H-pyrrole nitrogens is 1. The lowest BCUT2D eigenvalue weighted by molar-refractivity contribution is -0.123. The summed E-state index contributed by atoms with van der Waals surface area (Å²) in [5.74, 6) is 0.381. The maximum Gasteiger partial charge on any atom is 0.338 e. The highest BCUT2D eigenvalue weighted by molar-refractivity contribution is 7.22. The van der Waals surface area contributed by atoms with Crippen molar-refractivity contribution >= 4 is 49.6 Å². The number of carbonyl (C=O) groups excluding carboxylic acids is 2. The van der Waals surface area contributed by atoms with Gasteiger partial charge in [-0.05, 0) is 74.0 Å². The standard InChI is InChI=1S/C26H22N4O4S/c1-14-4-10-20-22(12-14)35-26(29-20)30-24(31)15(2)34-25(32)17-7-11-19-21(13-17)28-23(27-19)16-5-8-18(33-3)9-6-16/h4-13,15H,1-3H3,(H,27,28)(H,29,30,31). The second-order valence-electron chi connectivity index (χ2n) is 8.07. The van der Waals surface area contributed by atoms with Gasteiger partial charge in [-0.1, -0.05) is 17.4 Å². The molecule has 8 nitrogen and oxygen atoms in total. The second-order valence-corrected chi connectivity index (χ2v) is 9.10. The topological polar surface area (TPSA) is 106 Å². The smallest absolute Gasteiger partial charge is 0.338 e. The van der Waals surface area contributed by atoms with Crippen LogP contribution in [0.2, 0.25) is 0 Å². The number of hydrogen-bond donors (Lipinski definition) is 2. The molecule has 3 aromatic carbocycles. The van der Waals surface area contributed by atoms with E-state index >= 15 is 0 Å². The maximum absolute atomic E-state index is 12.7. The number of thiazole rings is 1. The molecule has 1 amide bonds. The van der Waals surface area contributed by atoms with Crippen LogP contribution in [0.5, 0.6) is 5.75 Å². The molecule has 0 spiro atoms. The van der Waals surface area contributed by atoms with Gasteiger partial charge in [-0.3, -0.25) is 10.1 Å². The van der Waals surface area contributed by atoms with Gasteiger partial charge < -0.3 is 14.5 Å². The van der Waals surface area contributed by atoms with Gasteiger partial charge in [0, 0.05) is 5.56 Å². The first-order chi connectivity index (χ1) is 16.9. The Morgan fingerprint density at radius 3 is 2.54 bits per heavy atom. The zero-order valence-corrected chi connectivity index (χ0v) is 20.1. The predicted octanol–water partition coefficient (Wildman–Crippen LogP) is 5.34. The molecule has 5 rings (SSSR count). The third-order valence-electron chi connectivity index (χ3n) is 5.51. The number of aromatic amines is 1. The molecule has 1 unspecified atom stereocenters. The van der Waals surface area contributed by atoms with E-state index in [0.717, 1.165) is 27.1 Å². The highest BCUT2D eigenvalue weighted by Gasteiger charge is 2.21. The van der Waals surface area contributed by atoms with E-state index in [-0.39, 0.29) is 0 Å². The lowest BCUT2D eigenvalue weighted by Gasteiger charge is -2.12. The third kappa shape index (κ3) is 4.71. The summed E-state index contributed by atoms with van der Waals surface area (Å²) in [4.78, 5) is 37.5. The predicted molar refractivity (Wildman–Crippen MR) is 136 cm³/mol. The lowest BCUT2D eigenvalue weighted by atomic mass is 10.2. The zero-order valence-electron chi connectivity index (χ0n) is 19.3. The van der Waals surface area contributed by atoms with Crippen LogP contribution in [0, 0.1) is 6.92 Å². The number of carbonyl (C=O) groups is 2. The molecule has 176 valence electrons. The summed E-state index contributed by atoms with van der Waals surface area (Å²) in [7, 11) is 1.61. The SMILES string of the molecule is COc1ccc(-c2nc3ccc(C(=O)OC(C)C(=O)Nc4nc5ccc(C)cc5s4)cc3[nH]2)cc1. The van der Waals surface area contributed by atoms with Crippen LogP contribution in [0.25, 0.3) is 32.6 Å². The van der Waals surface area contributed by atoms with Crippen LogP contribution in [0.15, 0.2) is 60.7 Å². The number of amides is 1. The van der Waals surface area contributed by atoms with Crippen LogP contribution < -0.4 is 10.1 Å². The van der Waals surface area contributed by atoms with Crippen LogP contribution >= 0.6 is 11.3 Å². The molecule has 35 heavy (non-hydrogen) atoms. The summed E-state index contributed by atoms with van der Waals surface area (Å²) in [6, 6.07) is 18.4. The number of anilines is 1. The van der Waals surface area contributed by atoms with Crippen LogP contribution in [0.3, 0.4) is 0 Å². The van der Waals surface area contributed by atoms with Crippen molar-refractivity contribution in [3.05, 3.63) is 71.8 Å². The summed E-state index contributed by atoms with van der Waals surface area (Å²) in [5, 5.41) is 3.19. The quantitative estimate of drug-likeness (QED) is 0.314. The molecule has 0 fully saturated rings. The number of imidazole rings is 1. The van der Waals surface area contributed by atoms with Gasteiger partial charge in [-0.2, -0.15) is 0 Å². The van der Waals surface area contributed by atoms with Crippen LogP contribution in [-0.2, 0) is 9.53 Å². The summed E-state index contributed by atoms with van der Waals surface area (Å²) >= 11 is 1.37. The second kappa shape index (κ2) is 9.19. The Morgan fingerprint density at radius 1 is 1.00 bits per heavy atom. The summed E-state index contributed by atoms with van der Waals surface area (Å²) in [5.41, 5.74) is 4.53. The van der Waals surface area contributed by atoms with Crippen LogP contribution in [0.1, 0.15) is 22.8 Å². The first-order valence-corrected chi connectivity index (χ1v) is 11.7. The number of esters is 1. The van der Waals surface area contributed by atoms with E-state index in [4.69, 9.17) is 9.47 Å². The molecule has 9 heteroatoms. The minimum absolute atomic E-state index is 0.317. The highest BCUT2D eigenvalue weighted by Crippen LogP contribution is 2.27. The number of nitrogens with zero attached hydrogens (tertiary/aromatic N) is 2. The zero-order chi connectivity index (χ0) is 24.5. The van der Waals surface area contributed by atoms with E-state index in [1.165, 1.54) is 18.3 Å². The Bertz CT molecular complexity index is 1560. The Hall–Kier alpha value is -4.24. The molecule has 0 aliphatic heterocycles. The van der Waals surface area contributed by atoms with Crippen molar-refractivity contribution in [2.75, 3.05) is 12.4 Å². The number of aromatic nitrogens is 3. The molecular weight excluding hydrogens is 464 g/mol. The molecule has 0 saturated heterocycles. The van der Waals surface area contributed by atoms with Gasteiger partial charge in [0.2, 0.25) is 0 Å². The molecule has 0 saturated carbocycles. The monoisotopic (exact) mass is 486 g/mol. The molecule has 2 heterocycles. The van der Waals surface area contributed by atoms with E-state index in [0.29, 0.717) is 27.6 Å².